The van der Waals surface area contributed by atoms with Crippen LogP contribution in [0.25, 0.3) is 0 Å². The number of hydrogen-bond acceptors (Lipinski definition) is 4. The molecule has 6 atom stereocenters. The standard InChI is InChI=1S/C35H47F3O4/c1-30(2)20-41-33(42-21-30)16-13-25-24(18-33)10-11-26-28-14-17-34(40,35(36,37)38)32(28,5)19-27(29(25)26)23-8-6-22(7-9-23)12-15-31(3,4)39/h6,8,24,26-28,39-40H,7,9-11,13-14,16-21H2,1-5H3/t24?,26?,27?,28?,32?,34-/m0/s1. The van der Waals surface area contributed by atoms with Gasteiger partial charge in [0.25, 0.3) is 0 Å². The van der Waals surface area contributed by atoms with Gasteiger partial charge in [0.05, 0.1) is 13.2 Å². The molecular weight excluding hydrogens is 541 g/mol. The SMILES string of the molecule is CC(C)(O)C#CC1=CC=C(C2CC3(C)C(CC[C@@]3(O)C(F)(F)F)C3CCC4CC5(CCC4=C23)OCC(C)(C)CO5)CC1. The van der Waals surface area contributed by atoms with Gasteiger partial charge in [-0.2, -0.15) is 13.2 Å². The number of aliphatic hydroxyl groups is 2. The van der Waals surface area contributed by atoms with Crippen LogP contribution in [0.1, 0.15) is 98.8 Å². The van der Waals surface area contributed by atoms with Crippen molar-refractivity contribution in [3.8, 4) is 11.8 Å². The highest BCUT2D eigenvalue weighted by Gasteiger charge is 2.72. The van der Waals surface area contributed by atoms with E-state index in [0.717, 1.165) is 49.7 Å². The molecule has 232 valence electrons. The van der Waals surface area contributed by atoms with Gasteiger partial charge in [-0.25, -0.2) is 0 Å². The molecule has 1 saturated heterocycles. The van der Waals surface area contributed by atoms with Crippen molar-refractivity contribution in [2.24, 2.45) is 34.5 Å². The normalized spacial score (nSPS) is 39.4. The van der Waals surface area contributed by atoms with E-state index in [0.29, 0.717) is 38.4 Å². The Labute approximate surface area is 248 Å². The number of ether oxygens (including phenoxy) is 2. The molecule has 4 nitrogen and oxygen atoms in total. The molecule has 42 heavy (non-hydrogen) atoms. The van der Waals surface area contributed by atoms with E-state index in [1.807, 2.05) is 6.08 Å². The van der Waals surface area contributed by atoms with Crippen LogP contribution in [0.5, 0.6) is 0 Å². The van der Waals surface area contributed by atoms with E-state index in [1.54, 1.807) is 20.8 Å². The molecule has 4 fully saturated rings. The smallest absolute Gasteiger partial charge is 0.380 e. The van der Waals surface area contributed by atoms with Crippen LogP contribution in [0.3, 0.4) is 0 Å². The lowest BCUT2D eigenvalue weighted by atomic mass is 9.49. The van der Waals surface area contributed by atoms with Crippen molar-refractivity contribution in [1.29, 1.82) is 0 Å². The molecule has 0 amide bonds. The third kappa shape index (κ3) is 5.03. The monoisotopic (exact) mass is 588 g/mol. The fourth-order valence-corrected chi connectivity index (χ4v) is 9.31. The van der Waals surface area contributed by atoms with Crippen molar-refractivity contribution in [1.82, 2.24) is 0 Å². The molecular formula is C35H47F3O4. The Morgan fingerprint density at radius 1 is 0.929 bits per heavy atom. The molecule has 0 aromatic heterocycles. The minimum absolute atomic E-state index is 0.00451. The lowest BCUT2D eigenvalue weighted by molar-refractivity contribution is -0.312. The Morgan fingerprint density at radius 3 is 2.26 bits per heavy atom. The summed E-state index contributed by atoms with van der Waals surface area (Å²) in [7, 11) is 0. The van der Waals surface area contributed by atoms with Gasteiger partial charge in [-0.1, -0.05) is 61.5 Å². The highest BCUT2D eigenvalue weighted by molar-refractivity contribution is 5.43. The number of fused-ring (bicyclic) bond motifs is 4. The Bertz CT molecular complexity index is 1260. The minimum Gasteiger partial charge on any atom is -0.380 e. The average Bonchev–Trinajstić information content (AvgIpc) is 3.20. The quantitative estimate of drug-likeness (QED) is 0.247. The highest BCUT2D eigenvalue weighted by Crippen LogP contribution is 2.69. The van der Waals surface area contributed by atoms with Gasteiger partial charge in [0.15, 0.2) is 11.4 Å². The lowest BCUT2D eigenvalue weighted by Gasteiger charge is -2.57. The molecule has 6 rings (SSSR count). The lowest BCUT2D eigenvalue weighted by Crippen LogP contribution is -2.59. The Hall–Kier alpha value is -1.59. The number of alkyl halides is 3. The van der Waals surface area contributed by atoms with Gasteiger partial charge >= 0.3 is 6.18 Å². The fraction of sp³-hybridized carbons (Fsp3) is 0.771. The first-order valence-corrected chi connectivity index (χ1v) is 15.9. The first kappa shape index (κ1) is 30.4. The van der Waals surface area contributed by atoms with E-state index in [1.165, 1.54) is 11.1 Å². The van der Waals surface area contributed by atoms with E-state index in [2.05, 4.69) is 31.8 Å². The summed E-state index contributed by atoms with van der Waals surface area (Å²) >= 11 is 0. The van der Waals surface area contributed by atoms with Crippen LogP contribution in [0.15, 0.2) is 34.4 Å². The number of halogens is 3. The van der Waals surface area contributed by atoms with Crippen LogP contribution in [-0.4, -0.2) is 46.6 Å². The molecule has 7 heteroatoms. The van der Waals surface area contributed by atoms with Crippen LogP contribution in [0.2, 0.25) is 0 Å². The van der Waals surface area contributed by atoms with Gasteiger partial charge in [0.1, 0.15) is 5.60 Å². The third-order valence-electron chi connectivity index (χ3n) is 11.6. The molecule has 2 N–H and O–H groups in total. The van der Waals surface area contributed by atoms with Gasteiger partial charge in [0.2, 0.25) is 0 Å². The Balaban J connectivity index is 1.39. The number of rotatable bonds is 1. The second-order valence-corrected chi connectivity index (χ2v) is 15.6. The first-order chi connectivity index (χ1) is 19.5. The van der Waals surface area contributed by atoms with Gasteiger partial charge in [-0.3, -0.25) is 0 Å². The molecule has 1 heterocycles. The van der Waals surface area contributed by atoms with Crippen molar-refractivity contribution in [2.75, 3.05) is 13.2 Å². The minimum atomic E-state index is -4.66. The molecule has 0 aromatic rings. The number of allylic oxidation sites excluding steroid dienone is 6. The van der Waals surface area contributed by atoms with Crippen molar-refractivity contribution in [3.63, 3.8) is 0 Å². The van der Waals surface area contributed by atoms with Gasteiger partial charge in [-0.05, 0) is 83.0 Å². The summed E-state index contributed by atoms with van der Waals surface area (Å²) in [4.78, 5) is 0. The predicted molar refractivity (Wildman–Crippen MR) is 155 cm³/mol. The third-order valence-corrected chi connectivity index (χ3v) is 11.6. The molecule has 1 aliphatic heterocycles. The first-order valence-electron chi connectivity index (χ1n) is 15.9. The topological polar surface area (TPSA) is 58.9 Å². The number of hydrogen-bond donors (Lipinski definition) is 2. The second kappa shape index (κ2) is 9.96. The van der Waals surface area contributed by atoms with Gasteiger partial charge in [-0.15, -0.1) is 0 Å². The molecule has 0 aromatic carbocycles. The summed E-state index contributed by atoms with van der Waals surface area (Å²) < 4.78 is 56.5. The maximum absolute atomic E-state index is 14.6. The molecule has 0 radical (unpaired) electrons. The maximum Gasteiger partial charge on any atom is 0.417 e. The summed E-state index contributed by atoms with van der Waals surface area (Å²) in [6.45, 7) is 10.7. The summed E-state index contributed by atoms with van der Waals surface area (Å²) in [6, 6.07) is 0. The van der Waals surface area contributed by atoms with Gasteiger partial charge in [0, 0.05) is 35.2 Å². The van der Waals surface area contributed by atoms with E-state index in [4.69, 9.17) is 9.47 Å². The summed E-state index contributed by atoms with van der Waals surface area (Å²) in [5.41, 5.74) is -0.108. The zero-order chi connectivity index (χ0) is 30.3. The van der Waals surface area contributed by atoms with Crippen LogP contribution in [0, 0.1) is 46.3 Å². The second-order valence-electron chi connectivity index (χ2n) is 15.6. The summed E-state index contributed by atoms with van der Waals surface area (Å²) in [5.74, 6) is 5.48. The van der Waals surface area contributed by atoms with Crippen LogP contribution < -0.4 is 0 Å². The largest absolute Gasteiger partial charge is 0.417 e. The molecule has 5 aliphatic carbocycles. The van der Waals surface area contributed by atoms with E-state index >= 15 is 0 Å². The molecule has 5 unspecified atom stereocenters. The maximum atomic E-state index is 14.6. The van der Waals surface area contributed by atoms with E-state index in [-0.39, 0.29) is 29.6 Å². The van der Waals surface area contributed by atoms with Crippen molar-refractivity contribution in [3.05, 3.63) is 34.4 Å². The summed E-state index contributed by atoms with van der Waals surface area (Å²) in [6.07, 6.45) is 5.54. The van der Waals surface area contributed by atoms with Crippen molar-refractivity contribution >= 4 is 0 Å². The molecule has 0 bridgehead atoms. The summed E-state index contributed by atoms with van der Waals surface area (Å²) in [5, 5.41) is 21.4. The highest BCUT2D eigenvalue weighted by atomic mass is 19.4. The van der Waals surface area contributed by atoms with Crippen molar-refractivity contribution in [2.45, 2.75) is 122 Å². The van der Waals surface area contributed by atoms with Crippen LogP contribution in [-0.2, 0) is 9.47 Å². The van der Waals surface area contributed by atoms with E-state index in [9.17, 15) is 23.4 Å². The zero-order valence-corrected chi connectivity index (χ0v) is 25.8. The van der Waals surface area contributed by atoms with E-state index < -0.39 is 28.6 Å². The fourth-order valence-electron chi connectivity index (χ4n) is 9.31. The molecule has 6 aliphatic rings. The Kier molecular flexibility index (Phi) is 7.22. The molecule has 3 saturated carbocycles. The van der Waals surface area contributed by atoms with Gasteiger partial charge < -0.3 is 19.7 Å². The van der Waals surface area contributed by atoms with Crippen LogP contribution in [0.4, 0.5) is 13.2 Å². The molecule has 1 spiro atoms. The van der Waals surface area contributed by atoms with Crippen molar-refractivity contribution < 1.29 is 32.9 Å². The Morgan fingerprint density at radius 2 is 1.64 bits per heavy atom. The van der Waals surface area contributed by atoms with Crippen LogP contribution >= 0.6 is 0 Å². The average molecular weight is 589 g/mol. The predicted octanol–water partition coefficient (Wildman–Crippen LogP) is 7.41. The zero-order valence-electron chi connectivity index (χ0n) is 25.8.